The van der Waals surface area contributed by atoms with Gasteiger partial charge in [0, 0.05) is 23.6 Å². The maximum Gasteiger partial charge on any atom is 0.237 e. The molecule has 0 bridgehead atoms. The number of carbonyl (C=O) groups is 1. The van der Waals surface area contributed by atoms with Gasteiger partial charge in [0.1, 0.15) is 0 Å². The van der Waals surface area contributed by atoms with Crippen LogP contribution < -0.4 is 5.32 Å². The van der Waals surface area contributed by atoms with Gasteiger partial charge in [-0.05, 0) is 61.7 Å². The molecule has 6 nitrogen and oxygen atoms in total. The SMILES string of the molecule is CCc1ccc(NC(=O)C(C)Sc2nnc(-c3cccnc3)n2-c2ccccc2C)cc1. The van der Waals surface area contributed by atoms with Crippen LogP contribution in [0.5, 0.6) is 0 Å². The monoisotopic (exact) mass is 443 g/mol. The Hall–Kier alpha value is -3.45. The molecule has 2 aromatic heterocycles. The molecule has 0 aliphatic rings. The molecule has 32 heavy (non-hydrogen) atoms. The lowest BCUT2D eigenvalue weighted by Crippen LogP contribution is -2.23. The van der Waals surface area contributed by atoms with Crippen molar-refractivity contribution in [3.63, 3.8) is 0 Å². The first-order valence-corrected chi connectivity index (χ1v) is 11.4. The molecule has 4 aromatic rings. The normalized spacial score (nSPS) is 11.8. The van der Waals surface area contributed by atoms with Crippen molar-refractivity contribution in [3.8, 4) is 17.1 Å². The molecule has 4 rings (SSSR count). The van der Waals surface area contributed by atoms with E-state index in [1.165, 1.54) is 17.3 Å². The number of carbonyl (C=O) groups excluding carboxylic acids is 1. The number of thioether (sulfide) groups is 1. The highest BCUT2D eigenvalue weighted by atomic mass is 32.2. The predicted octanol–water partition coefficient (Wildman–Crippen LogP) is 5.32. The van der Waals surface area contributed by atoms with E-state index in [-0.39, 0.29) is 11.2 Å². The first kappa shape index (κ1) is 21.8. The molecule has 1 atom stereocenters. The smallest absolute Gasteiger partial charge is 0.237 e. The molecule has 0 aliphatic carbocycles. The molecule has 2 heterocycles. The Morgan fingerprint density at radius 2 is 1.84 bits per heavy atom. The van der Waals surface area contributed by atoms with Gasteiger partial charge in [0.2, 0.25) is 5.91 Å². The highest BCUT2D eigenvalue weighted by Crippen LogP contribution is 2.31. The summed E-state index contributed by atoms with van der Waals surface area (Å²) >= 11 is 1.38. The minimum Gasteiger partial charge on any atom is -0.325 e. The lowest BCUT2D eigenvalue weighted by molar-refractivity contribution is -0.115. The zero-order valence-corrected chi connectivity index (χ0v) is 19.1. The number of hydrogen-bond donors (Lipinski definition) is 1. The number of rotatable bonds is 7. The quantitative estimate of drug-likeness (QED) is 0.391. The van der Waals surface area contributed by atoms with Crippen molar-refractivity contribution in [1.29, 1.82) is 0 Å². The summed E-state index contributed by atoms with van der Waals surface area (Å²) in [4.78, 5) is 17.1. The van der Waals surface area contributed by atoms with Crippen molar-refractivity contribution in [2.75, 3.05) is 5.32 Å². The maximum absolute atomic E-state index is 12.9. The summed E-state index contributed by atoms with van der Waals surface area (Å²) in [5, 5.41) is 12.2. The van der Waals surface area contributed by atoms with Gasteiger partial charge in [0.05, 0.1) is 10.9 Å². The fraction of sp³-hybridized carbons (Fsp3) is 0.200. The van der Waals surface area contributed by atoms with Crippen LogP contribution in [-0.4, -0.2) is 30.9 Å². The largest absolute Gasteiger partial charge is 0.325 e. The molecule has 1 unspecified atom stereocenters. The minimum atomic E-state index is -0.366. The van der Waals surface area contributed by atoms with Crippen molar-refractivity contribution in [3.05, 3.63) is 84.2 Å². The fourth-order valence-corrected chi connectivity index (χ4v) is 4.20. The Bertz CT molecular complexity index is 1200. The highest BCUT2D eigenvalue weighted by Gasteiger charge is 2.22. The van der Waals surface area contributed by atoms with Crippen LogP contribution in [-0.2, 0) is 11.2 Å². The molecular formula is C25H25N5OS. The van der Waals surface area contributed by atoms with E-state index in [2.05, 4.69) is 27.4 Å². The van der Waals surface area contributed by atoms with Gasteiger partial charge in [0.15, 0.2) is 11.0 Å². The number of benzene rings is 2. The van der Waals surface area contributed by atoms with Crippen LogP contribution in [0.3, 0.4) is 0 Å². The number of hydrogen-bond acceptors (Lipinski definition) is 5. The van der Waals surface area contributed by atoms with Gasteiger partial charge in [0.25, 0.3) is 0 Å². The highest BCUT2D eigenvalue weighted by molar-refractivity contribution is 8.00. The van der Waals surface area contributed by atoms with E-state index in [9.17, 15) is 4.79 Å². The Labute approximate surface area is 192 Å². The van der Waals surface area contributed by atoms with Crippen LogP contribution in [0.15, 0.2) is 78.2 Å². The first-order valence-electron chi connectivity index (χ1n) is 10.5. The number of para-hydroxylation sites is 1. The number of amides is 1. The lowest BCUT2D eigenvalue weighted by Gasteiger charge is -2.15. The summed E-state index contributed by atoms with van der Waals surface area (Å²) in [5.41, 5.74) is 4.95. The van der Waals surface area contributed by atoms with Gasteiger partial charge in [-0.2, -0.15) is 0 Å². The molecule has 162 valence electrons. The first-order chi connectivity index (χ1) is 15.6. The summed E-state index contributed by atoms with van der Waals surface area (Å²) in [7, 11) is 0. The molecule has 0 radical (unpaired) electrons. The van der Waals surface area contributed by atoms with Crippen molar-refractivity contribution >= 4 is 23.4 Å². The maximum atomic E-state index is 12.9. The molecular weight excluding hydrogens is 418 g/mol. The fourth-order valence-electron chi connectivity index (χ4n) is 3.34. The van der Waals surface area contributed by atoms with Gasteiger partial charge >= 0.3 is 0 Å². The van der Waals surface area contributed by atoms with Gasteiger partial charge < -0.3 is 5.32 Å². The Kier molecular flexibility index (Phi) is 6.66. The van der Waals surface area contributed by atoms with E-state index in [1.54, 1.807) is 12.4 Å². The molecule has 1 N–H and O–H groups in total. The standard InChI is InChI=1S/C25H25N5OS/c1-4-19-11-13-21(14-12-19)27-24(31)18(3)32-25-29-28-23(20-9-7-15-26-16-20)30(25)22-10-6-5-8-17(22)2/h5-16,18H,4H2,1-3H3,(H,27,31). The number of aryl methyl sites for hydroxylation is 2. The van der Waals surface area contributed by atoms with E-state index in [0.717, 1.165) is 28.9 Å². The van der Waals surface area contributed by atoms with Gasteiger partial charge in [-0.15, -0.1) is 10.2 Å². The molecule has 0 fully saturated rings. The second-order valence-electron chi connectivity index (χ2n) is 7.47. The van der Waals surface area contributed by atoms with Crippen molar-refractivity contribution in [1.82, 2.24) is 19.7 Å². The summed E-state index contributed by atoms with van der Waals surface area (Å²) in [6.45, 7) is 6.03. The van der Waals surface area contributed by atoms with E-state index in [1.807, 2.05) is 79.1 Å². The summed E-state index contributed by atoms with van der Waals surface area (Å²) in [6.07, 6.45) is 4.46. The number of pyridine rings is 1. The molecule has 0 spiro atoms. The zero-order chi connectivity index (χ0) is 22.5. The topological polar surface area (TPSA) is 72.7 Å². The van der Waals surface area contributed by atoms with Crippen molar-refractivity contribution in [2.45, 2.75) is 37.6 Å². The summed E-state index contributed by atoms with van der Waals surface area (Å²) in [6, 6.07) is 19.8. The van der Waals surface area contributed by atoms with Gasteiger partial charge in [-0.1, -0.05) is 49.0 Å². The second-order valence-corrected chi connectivity index (χ2v) is 8.78. The summed E-state index contributed by atoms with van der Waals surface area (Å²) < 4.78 is 2.00. The number of nitrogens with zero attached hydrogens (tertiary/aromatic N) is 4. The zero-order valence-electron chi connectivity index (χ0n) is 18.3. The molecule has 1 amide bonds. The Morgan fingerprint density at radius 1 is 1.06 bits per heavy atom. The number of nitrogens with one attached hydrogen (secondary N) is 1. The molecule has 7 heteroatoms. The van der Waals surface area contributed by atoms with E-state index in [4.69, 9.17) is 0 Å². The third-order valence-corrected chi connectivity index (χ3v) is 6.23. The van der Waals surface area contributed by atoms with E-state index in [0.29, 0.717) is 11.0 Å². The Balaban J connectivity index is 1.62. The average Bonchev–Trinajstić information content (AvgIpc) is 3.23. The molecule has 0 saturated heterocycles. The summed E-state index contributed by atoms with van der Waals surface area (Å²) in [5.74, 6) is 0.610. The van der Waals surface area contributed by atoms with Gasteiger partial charge in [-0.25, -0.2) is 0 Å². The lowest BCUT2D eigenvalue weighted by atomic mass is 10.1. The van der Waals surface area contributed by atoms with Gasteiger partial charge in [-0.3, -0.25) is 14.3 Å². The number of anilines is 1. The Morgan fingerprint density at radius 3 is 2.53 bits per heavy atom. The molecule has 0 saturated carbocycles. The van der Waals surface area contributed by atoms with Crippen LogP contribution in [0, 0.1) is 6.92 Å². The third-order valence-electron chi connectivity index (χ3n) is 5.19. The molecule has 0 aliphatic heterocycles. The van der Waals surface area contributed by atoms with Crippen LogP contribution in [0.25, 0.3) is 17.1 Å². The average molecular weight is 444 g/mol. The van der Waals surface area contributed by atoms with Crippen LogP contribution in [0.1, 0.15) is 25.0 Å². The van der Waals surface area contributed by atoms with Crippen LogP contribution in [0.2, 0.25) is 0 Å². The predicted molar refractivity (Wildman–Crippen MR) is 129 cm³/mol. The molecule has 2 aromatic carbocycles. The van der Waals surface area contributed by atoms with Crippen LogP contribution in [0.4, 0.5) is 5.69 Å². The second kappa shape index (κ2) is 9.78. The number of aromatic nitrogens is 4. The van der Waals surface area contributed by atoms with Crippen LogP contribution >= 0.6 is 11.8 Å². The van der Waals surface area contributed by atoms with Crippen molar-refractivity contribution < 1.29 is 4.79 Å². The van der Waals surface area contributed by atoms with E-state index < -0.39 is 0 Å². The van der Waals surface area contributed by atoms with Crippen molar-refractivity contribution in [2.24, 2.45) is 0 Å². The van der Waals surface area contributed by atoms with E-state index >= 15 is 0 Å². The minimum absolute atomic E-state index is 0.0819. The third kappa shape index (κ3) is 4.73.